The molecule has 0 saturated carbocycles. The summed E-state index contributed by atoms with van der Waals surface area (Å²) >= 11 is 0. The molecule has 0 unspecified atom stereocenters. The van der Waals surface area contributed by atoms with Crippen molar-refractivity contribution in [3.8, 4) is 0 Å². The highest BCUT2D eigenvalue weighted by Crippen LogP contribution is 1.58. The summed E-state index contributed by atoms with van der Waals surface area (Å²) in [7, 11) is -4.92. The van der Waals surface area contributed by atoms with Gasteiger partial charge in [-0.3, -0.25) is 9.96 Å². The molecule has 56 valence electrons. The zero-order valence-corrected chi connectivity index (χ0v) is 5.05. The standard InChI is InChI=1S/CH5N3.H2O4S/c2-1(3)4;1-5(2,3)4/h(H5,2,3,4);(H2,1,2,3,4)/p-1. The maximum atomic E-state index is 8.63. The maximum Gasteiger partial charge on any atom is 0.215 e. The molecule has 7 nitrogen and oxygen atoms in total. The average Bonchev–Trinajstić information content (AvgIpc) is 1.19. The van der Waals surface area contributed by atoms with Gasteiger partial charge in [0.2, 0.25) is 10.4 Å². The molecule has 0 aromatic carbocycles. The topological polar surface area (TPSA) is 153 Å². The Morgan fingerprint density at radius 3 is 1.56 bits per heavy atom. The van der Waals surface area contributed by atoms with Crippen LogP contribution in [0.1, 0.15) is 0 Å². The van der Waals surface area contributed by atoms with Crippen LogP contribution in [0.4, 0.5) is 0 Å². The molecule has 0 radical (unpaired) electrons. The van der Waals surface area contributed by atoms with Crippen LogP contribution in [0, 0.1) is 5.41 Å². The highest BCUT2D eigenvalue weighted by molar-refractivity contribution is 7.79. The van der Waals surface area contributed by atoms with Gasteiger partial charge in [0.15, 0.2) is 5.96 Å². The molecule has 0 atom stereocenters. The lowest BCUT2D eigenvalue weighted by Gasteiger charge is -1.88. The van der Waals surface area contributed by atoms with E-state index in [2.05, 4.69) is 11.5 Å². The van der Waals surface area contributed by atoms with Crippen LogP contribution in [0.15, 0.2) is 0 Å². The second kappa shape index (κ2) is 4.06. The number of nitrogens with one attached hydrogen (secondary N) is 1. The van der Waals surface area contributed by atoms with E-state index in [0.29, 0.717) is 0 Å². The van der Waals surface area contributed by atoms with E-state index >= 15 is 0 Å². The van der Waals surface area contributed by atoms with Crippen LogP contribution in [0.3, 0.4) is 0 Å². The van der Waals surface area contributed by atoms with E-state index in [1.165, 1.54) is 0 Å². The molecule has 0 amide bonds. The average molecular weight is 156 g/mol. The Labute approximate surface area is 51.7 Å². The van der Waals surface area contributed by atoms with Gasteiger partial charge in [0, 0.05) is 0 Å². The third kappa shape index (κ3) is 255. The van der Waals surface area contributed by atoms with Gasteiger partial charge >= 0.3 is 0 Å². The lowest BCUT2D eigenvalue weighted by molar-refractivity contribution is 0.366. The summed E-state index contributed by atoms with van der Waals surface area (Å²) in [6.07, 6.45) is 0. The van der Waals surface area contributed by atoms with Crippen LogP contribution in [-0.4, -0.2) is 23.5 Å². The van der Waals surface area contributed by atoms with Gasteiger partial charge in [0.25, 0.3) is 0 Å². The summed E-state index contributed by atoms with van der Waals surface area (Å²) in [6.45, 7) is 0. The largest absolute Gasteiger partial charge is 0.726 e. The second-order valence-electron chi connectivity index (χ2n) is 0.883. The van der Waals surface area contributed by atoms with Crippen LogP contribution in [0.2, 0.25) is 0 Å². The van der Waals surface area contributed by atoms with Crippen molar-refractivity contribution in [3.63, 3.8) is 0 Å². The molecular formula is CH6N3O4S-. The molecule has 0 aromatic rings. The van der Waals surface area contributed by atoms with Crippen LogP contribution in [0.25, 0.3) is 0 Å². The Bertz CT molecular complexity index is 158. The van der Waals surface area contributed by atoms with Gasteiger partial charge < -0.3 is 16.0 Å². The predicted octanol–water partition coefficient (Wildman–Crippen LogP) is -2.16. The molecule has 8 heteroatoms. The van der Waals surface area contributed by atoms with Crippen LogP contribution >= 0.6 is 0 Å². The lowest BCUT2D eigenvalue weighted by atomic mass is 11.1. The van der Waals surface area contributed by atoms with Crippen molar-refractivity contribution in [2.24, 2.45) is 11.5 Å². The Hall–Kier alpha value is -0.860. The van der Waals surface area contributed by atoms with E-state index in [1.807, 2.05) is 0 Å². The molecule has 9 heavy (non-hydrogen) atoms. The summed E-state index contributed by atoms with van der Waals surface area (Å²) in [5, 5.41) is 6.06. The van der Waals surface area contributed by atoms with Gasteiger partial charge in [-0.05, 0) is 0 Å². The van der Waals surface area contributed by atoms with E-state index in [0.717, 1.165) is 0 Å². The fourth-order valence-electron chi connectivity index (χ4n) is 0. The van der Waals surface area contributed by atoms with Gasteiger partial charge in [-0.2, -0.15) is 0 Å². The summed E-state index contributed by atoms with van der Waals surface area (Å²) in [5.74, 6) is -0.333. The highest BCUT2D eigenvalue weighted by atomic mass is 32.3. The Morgan fingerprint density at radius 2 is 1.56 bits per heavy atom. The van der Waals surface area contributed by atoms with Gasteiger partial charge in [-0.1, -0.05) is 0 Å². The fraction of sp³-hybridized carbons (Fsp3) is 0. The smallest absolute Gasteiger partial charge is 0.215 e. The van der Waals surface area contributed by atoms with Crippen LogP contribution < -0.4 is 11.5 Å². The van der Waals surface area contributed by atoms with E-state index in [-0.39, 0.29) is 5.96 Å². The number of hydrogen-bond acceptors (Lipinski definition) is 4. The molecular weight excluding hydrogens is 150 g/mol. The summed E-state index contributed by atoms with van der Waals surface area (Å²) in [6, 6.07) is 0. The van der Waals surface area contributed by atoms with Crippen molar-refractivity contribution in [2.45, 2.75) is 0 Å². The minimum Gasteiger partial charge on any atom is -0.726 e. The first kappa shape index (κ1) is 11.0. The maximum absolute atomic E-state index is 8.63. The van der Waals surface area contributed by atoms with Crippen molar-refractivity contribution in [3.05, 3.63) is 0 Å². The zero-order chi connectivity index (χ0) is 8.08. The SMILES string of the molecule is N=C(N)N.O=S(=O)([O-])O. The molecule has 0 heterocycles. The normalized spacial score (nSPS) is 9.11. The number of guanidine groups is 1. The third-order valence-electron chi connectivity index (χ3n) is 0. The molecule has 0 bridgehead atoms. The number of rotatable bonds is 0. The van der Waals surface area contributed by atoms with Crippen LogP contribution in [-0.2, 0) is 10.4 Å². The molecule has 0 aromatic heterocycles. The Morgan fingerprint density at radius 1 is 1.56 bits per heavy atom. The first-order valence-corrected chi connectivity index (χ1v) is 2.88. The van der Waals surface area contributed by atoms with E-state index in [4.69, 9.17) is 22.9 Å². The number of hydrogen-bond donors (Lipinski definition) is 4. The summed E-state index contributed by atoms with van der Waals surface area (Å²) < 4.78 is 32.8. The minimum absolute atomic E-state index is 0.333. The first-order chi connectivity index (χ1) is 3.73. The molecule has 0 aliphatic rings. The van der Waals surface area contributed by atoms with Gasteiger partial charge in [-0.25, -0.2) is 8.42 Å². The summed E-state index contributed by atoms with van der Waals surface area (Å²) in [4.78, 5) is 0. The minimum atomic E-state index is -4.92. The molecule has 0 spiro atoms. The van der Waals surface area contributed by atoms with Crippen molar-refractivity contribution in [1.29, 1.82) is 5.41 Å². The van der Waals surface area contributed by atoms with E-state index in [1.54, 1.807) is 0 Å². The first-order valence-electron chi connectivity index (χ1n) is 1.51. The zero-order valence-electron chi connectivity index (χ0n) is 4.23. The van der Waals surface area contributed by atoms with Crippen molar-refractivity contribution in [2.75, 3.05) is 0 Å². The molecule has 0 saturated heterocycles. The van der Waals surface area contributed by atoms with Gasteiger partial charge in [-0.15, -0.1) is 0 Å². The Kier molecular flexibility index (Phi) is 4.97. The van der Waals surface area contributed by atoms with E-state index in [9.17, 15) is 0 Å². The molecule has 0 aliphatic carbocycles. The third-order valence-corrected chi connectivity index (χ3v) is 0. The summed E-state index contributed by atoms with van der Waals surface area (Å²) in [5.41, 5.74) is 8.94. The fourth-order valence-corrected chi connectivity index (χ4v) is 0. The van der Waals surface area contributed by atoms with Gasteiger partial charge in [0.1, 0.15) is 0 Å². The molecule has 0 aliphatic heterocycles. The Balaban J connectivity index is 0. The molecule has 0 fully saturated rings. The van der Waals surface area contributed by atoms with Gasteiger partial charge in [0.05, 0.1) is 0 Å². The monoisotopic (exact) mass is 156 g/mol. The van der Waals surface area contributed by atoms with Crippen molar-refractivity contribution in [1.82, 2.24) is 0 Å². The van der Waals surface area contributed by atoms with Crippen molar-refractivity contribution < 1.29 is 17.5 Å². The number of nitrogens with two attached hydrogens (primary N) is 2. The molecule has 6 N–H and O–H groups in total. The predicted molar refractivity (Wildman–Crippen MR) is 28.4 cm³/mol. The van der Waals surface area contributed by atoms with E-state index < -0.39 is 10.4 Å². The quantitative estimate of drug-likeness (QED) is 0.135. The van der Waals surface area contributed by atoms with Crippen LogP contribution in [0.5, 0.6) is 0 Å². The second-order valence-corrected chi connectivity index (χ2v) is 1.74. The van der Waals surface area contributed by atoms with Crippen molar-refractivity contribution >= 4 is 16.4 Å². The molecule has 0 rings (SSSR count). The highest BCUT2D eigenvalue weighted by Gasteiger charge is 1.67. The lowest BCUT2D eigenvalue weighted by Crippen LogP contribution is -2.20.